The van der Waals surface area contributed by atoms with Gasteiger partial charge in [0.25, 0.3) is 0 Å². The van der Waals surface area contributed by atoms with Crippen molar-refractivity contribution in [1.29, 1.82) is 0 Å². The minimum atomic E-state index is -0.568. The summed E-state index contributed by atoms with van der Waals surface area (Å²) in [6.45, 7) is 4.59. The second-order valence-corrected chi connectivity index (χ2v) is 4.22. The molecule has 96 valence electrons. The molecule has 0 radical (unpaired) electrons. The number of hydrogen-bond donors (Lipinski definition) is 2. The van der Waals surface area contributed by atoms with E-state index in [1.54, 1.807) is 20.3 Å². The molecule has 0 aliphatic carbocycles. The van der Waals surface area contributed by atoms with Gasteiger partial charge in [0.15, 0.2) is 0 Å². The van der Waals surface area contributed by atoms with Crippen molar-refractivity contribution in [2.75, 3.05) is 20.8 Å². The molecule has 4 nitrogen and oxygen atoms in total. The maximum atomic E-state index is 10.0. The monoisotopic (exact) mass is 239 g/mol. The van der Waals surface area contributed by atoms with Crippen LogP contribution in [0, 0.1) is 0 Å². The van der Waals surface area contributed by atoms with Gasteiger partial charge in [-0.15, -0.1) is 0 Å². The quantitative estimate of drug-likeness (QED) is 0.794. The Hall–Kier alpha value is -1.26. The van der Waals surface area contributed by atoms with Crippen molar-refractivity contribution in [1.82, 2.24) is 5.32 Å². The smallest absolute Gasteiger partial charge is 0.122 e. The van der Waals surface area contributed by atoms with E-state index in [0.717, 1.165) is 5.56 Å². The van der Waals surface area contributed by atoms with E-state index >= 15 is 0 Å². The molecule has 0 spiro atoms. The Morgan fingerprint density at radius 1 is 1.12 bits per heavy atom. The predicted octanol–water partition coefficient (Wildman–Crippen LogP) is 1.74. The van der Waals surface area contributed by atoms with Crippen molar-refractivity contribution in [3.8, 4) is 11.5 Å². The summed E-state index contributed by atoms with van der Waals surface area (Å²) in [5.74, 6) is 1.37. The van der Waals surface area contributed by atoms with Gasteiger partial charge in [0.2, 0.25) is 0 Å². The molecule has 0 amide bonds. The number of ether oxygens (including phenoxy) is 2. The third-order valence-electron chi connectivity index (χ3n) is 2.48. The molecule has 0 aliphatic heterocycles. The van der Waals surface area contributed by atoms with Crippen LogP contribution in [0.25, 0.3) is 0 Å². The van der Waals surface area contributed by atoms with Crippen molar-refractivity contribution < 1.29 is 14.6 Å². The maximum absolute atomic E-state index is 10.0. The molecule has 17 heavy (non-hydrogen) atoms. The summed E-state index contributed by atoms with van der Waals surface area (Å²) in [5.41, 5.74) is 0.786. The Bertz CT molecular complexity index is 330. The minimum Gasteiger partial charge on any atom is -0.497 e. The SMILES string of the molecule is COc1cc(OC)cc([C@@H](O)CNC(C)C)c1. The standard InChI is InChI=1S/C13H21NO3/c1-9(2)14-8-13(15)10-5-11(16-3)7-12(6-10)17-4/h5-7,9,13-15H,8H2,1-4H3/t13-/m0/s1. The van der Waals surface area contributed by atoms with Gasteiger partial charge in [0.05, 0.1) is 20.3 Å². The third kappa shape index (κ3) is 4.24. The maximum Gasteiger partial charge on any atom is 0.122 e. The van der Waals surface area contributed by atoms with Crippen LogP contribution >= 0.6 is 0 Å². The van der Waals surface area contributed by atoms with Crippen LogP contribution in [0.15, 0.2) is 18.2 Å². The van der Waals surface area contributed by atoms with E-state index in [9.17, 15) is 5.11 Å². The Morgan fingerprint density at radius 2 is 1.65 bits per heavy atom. The molecule has 0 fully saturated rings. The first kappa shape index (κ1) is 13.8. The van der Waals surface area contributed by atoms with E-state index in [0.29, 0.717) is 24.1 Å². The van der Waals surface area contributed by atoms with Gasteiger partial charge in [0.1, 0.15) is 11.5 Å². The lowest BCUT2D eigenvalue weighted by molar-refractivity contribution is 0.171. The summed E-state index contributed by atoms with van der Waals surface area (Å²) >= 11 is 0. The van der Waals surface area contributed by atoms with Crippen molar-refractivity contribution in [2.45, 2.75) is 26.0 Å². The normalized spacial score (nSPS) is 12.6. The van der Waals surface area contributed by atoms with Crippen LogP contribution in [-0.4, -0.2) is 31.9 Å². The highest BCUT2D eigenvalue weighted by atomic mass is 16.5. The van der Waals surface area contributed by atoms with Gasteiger partial charge in [0, 0.05) is 18.7 Å². The lowest BCUT2D eigenvalue weighted by Gasteiger charge is -2.16. The fourth-order valence-corrected chi connectivity index (χ4v) is 1.49. The van der Waals surface area contributed by atoms with Crippen molar-refractivity contribution in [2.24, 2.45) is 0 Å². The van der Waals surface area contributed by atoms with Crippen molar-refractivity contribution >= 4 is 0 Å². The summed E-state index contributed by atoms with van der Waals surface area (Å²) < 4.78 is 10.3. The first-order valence-corrected chi connectivity index (χ1v) is 5.71. The molecule has 4 heteroatoms. The van der Waals surface area contributed by atoms with Crippen molar-refractivity contribution in [3.63, 3.8) is 0 Å². The predicted molar refractivity (Wildman–Crippen MR) is 67.6 cm³/mol. The molecule has 0 aromatic heterocycles. The Balaban J connectivity index is 2.80. The van der Waals surface area contributed by atoms with Gasteiger partial charge in [-0.05, 0) is 17.7 Å². The third-order valence-corrected chi connectivity index (χ3v) is 2.48. The molecule has 1 rings (SSSR count). The first-order chi connectivity index (χ1) is 8.06. The van der Waals surface area contributed by atoms with Crippen LogP contribution in [0.5, 0.6) is 11.5 Å². The highest BCUT2D eigenvalue weighted by molar-refractivity contribution is 5.39. The van der Waals surface area contributed by atoms with Gasteiger partial charge >= 0.3 is 0 Å². The molecule has 1 aromatic rings. The topological polar surface area (TPSA) is 50.7 Å². The fourth-order valence-electron chi connectivity index (χ4n) is 1.49. The molecule has 0 saturated carbocycles. The zero-order chi connectivity index (χ0) is 12.8. The Morgan fingerprint density at radius 3 is 2.06 bits per heavy atom. The first-order valence-electron chi connectivity index (χ1n) is 5.71. The number of rotatable bonds is 6. The number of benzene rings is 1. The average molecular weight is 239 g/mol. The molecule has 1 atom stereocenters. The van der Waals surface area contributed by atoms with Crippen LogP contribution in [0.1, 0.15) is 25.5 Å². The summed E-state index contributed by atoms with van der Waals surface area (Å²) in [5, 5.41) is 13.2. The Labute approximate surface area is 103 Å². The van der Waals surface area contributed by atoms with E-state index in [1.165, 1.54) is 0 Å². The lowest BCUT2D eigenvalue weighted by Crippen LogP contribution is -2.27. The molecule has 0 heterocycles. The van der Waals surface area contributed by atoms with Crippen LogP contribution < -0.4 is 14.8 Å². The van der Waals surface area contributed by atoms with Gasteiger partial charge in [-0.25, -0.2) is 0 Å². The summed E-state index contributed by atoms with van der Waals surface area (Å²) in [4.78, 5) is 0. The van der Waals surface area contributed by atoms with Gasteiger partial charge < -0.3 is 19.9 Å². The van der Waals surface area contributed by atoms with Gasteiger partial charge in [-0.2, -0.15) is 0 Å². The molecule has 2 N–H and O–H groups in total. The van der Waals surface area contributed by atoms with E-state index in [1.807, 2.05) is 26.0 Å². The molecular formula is C13H21NO3. The van der Waals surface area contributed by atoms with Crippen LogP contribution in [-0.2, 0) is 0 Å². The fraction of sp³-hybridized carbons (Fsp3) is 0.538. The summed E-state index contributed by atoms with van der Waals surface area (Å²) in [6, 6.07) is 5.76. The van der Waals surface area contributed by atoms with Crippen molar-refractivity contribution in [3.05, 3.63) is 23.8 Å². The number of aliphatic hydroxyl groups is 1. The highest BCUT2D eigenvalue weighted by Crippen LogP contribution is 2.26. The second-order valence-electron chi connectivity index (χ2n) is 4.22. The van der Waals surface area contributed by atoms with E-state index < -0.39 is 6.10 Å². The number of aliphatic hydroxyl groups excluding tert-OH is 1. The molecular weight excluding hydrogens is 218 g/mol. The summed E-state index contributed by atoms with van der Waals surface area (Å²) in [6.07, 6.45) is -0.568. The van der Waals surface area contributed by atoms with E-state index in [4.69, 9.17) is 9.47 Å². The summed E-state index contributed by atoms with van der Waals surface area (Å²) in [7, 11) is 3.19. The zero-order valence-electron chi connectivity index (χ0n) is 10.9. The lowest BCUT2D eigenvalue weighted by atomic mass is 10.1. The van der Waals surface area contributed by atoms with E-state index in [2.05, 4.69) is 5.32 Å². The van der Waals surface area contributed by atoms with Crippen LogP contribution in [0.2, 0.25) is 0 Å². The van der Waals surface area contributed by atoms with Gasteiger partial charge in [-0.1, -0.05) is 13.8 Å². The largest absolute Gasteiger partial charge is 0.497 e. The van der Waals surface area contributed by atoms with Gasteiger partial charge in [-0.3, -0.25) is 0 Å². The highest BCUT2D eigenvalue weighted by Gasteiger charge is 2.11. The molecule has 1 aromatic carbocycles. The number of hydrogen-bond acceptors (Lipinski definition) is 4. The number of methoxy groups -OCH3 is 2. The molecule has 0 unspecified atom stereocenters. The zero-order valence-corrected chi connectivity index (χ0v) is 10.9. The Kier molecular flexibility index (Phi) is 5.25. The molecule has 0 bridgehead atoms. The molecule has 0 saturated heterocycles. The second kappa shape index (κ2) is 6.47. The minimum absolute atomic E-state index is 0.345. The average Bonchev–Trinajstić information content (AvgIpc) is 2.34. The molecule has 0 aliphatic rings. The van der Waals surface area contributed by atoms with Crippen LogP contribution in [0.4, 0.5) is 0 Å². The van der Waals surface area contributed by atoms with Crippen LogP contribution in [0.3, 0.4) is 0 Å². The number of nitrogens with one attached hydrogen (secondary N) is 1. The van der Waals surface area contributed by atoms with E-state index in [-0.39, 0.29) is 0 Å².